The van der Waals surface area contributed by atoms with Gasteiger partial charge in [-0.2, -0.15) is 0 Å². The molecule has 0 aliphatic carbocycles. The van der Waals surface area contributed by atoms with Crippen LogP contribution in [0.4, 0.5) is 0 Å². The molecule has 3 heteroatoms. The molecule has 0 fully saturated rings. The number of carboxylic acids is 1. The van der Waals surface area contributed by atoms with Crippen LogP contribution in [0.15, 0.2) is 18.1 Å². The first kappa shape index (κ1) is 4.78. The van der Waals surface area contributed by atoms with E-state index in [-0.39, 0.29) is 28.2 Å². The predicted octanol–water partition coefficient (Wildman–Crippen LogP) is 2.35. The van der Waals surface area contributed by atoms with E-state index >= 15 is 0 Å². The third-order valence-electron chi connectivity index (χ3n) is 1.23. The van der Waals surface area contributed by atoms with Gasteiger partial charge >= 0.3 is 5.97 Å². The van der Waals surface area contributed by atoms with Crippen molar-refractivity contribution < 1.29 is 14.0 Å². The normalized spacial score (nSPS) is 13.5. The zero-order valence-electron chi connectivity index (χ0n) is 8.73. The minimum atomic E-state index is -1.28. The summed E-state index contributed by atoms with van der Waals surface area (Å²) in [7, 11) is 0. The van der Waals surface area contributed by atoms with Gasteiger partial charge in [0.15, 0.2) is 0 Å². The molecule has 0 spiro atoms. The first-order chi connectivity index (χ1) is 6.37. The molecule has 0 atom stereocenters. The molecule has 1 aromatic carbocycles. The van der Waals surface area contributed by atoms with Crippen molar-refractivity contribution in [2.24, 2.45) is 0 Å². The number of rotatable bonds is 1. The summed E-state index contributed by atoms with van der Waals surface area (Å²) in [6.07, 6.45) is 0. The average Bonchev–Trinajstić information content (AvgIpc) is 2.11. The van der Waals surface area contributed by atoms with Crippen molar-refractivity contribution in [2.75, 3.05) is 0 Å². The van der Waals surface area contributed by atoms with E-state index in [9.17, 15) is 4.79 Å². The van der Waals surface area contributed by atoms with E-state index < -0.39 is 12.0 Å². The number of aromatic carboxylic acids is 1. The molecule has 0 aliphatic rings. The van der Waals surface area contributed by atoms with E-state index in [0.29, 0.717) is 0 Å². The minimum Gasteiger partial charge on any atom is -0.478 e. The third kappa shape index (κ3) is 1.52. The highest BCUT2D eigenvalue weighted by atomic mass is 35.5. The van der Waals surface area contributed by atoms with Gasteiger partial charge in [-0.25, -0.2) is 4.79 Å². The summed E-state index contributed by atoms with van der Waals surface area (Å²) in [6, 6.07) is -1.03. The molecule has 0 aromatic heterocycles. The third-order valence-corrected chi connectivity index (χ3v) is 1.51. The Balaban J connectivity index is 3.68. The molecule has 0 saturated carbocycles. The van der Waals surface area contributed by atoms with Gasteiger partial charge in [0.25, 0.3) is 0 Å². The Hall–Kier alpha value is -1.02. The lowest BCUT2D eigenvalue weighted by Gasteiger charge is -2.00. The van der Waals surface area contributed by atoms with Gasteiger partial charge in [-0.3, -0.25) is 0 Å². The number of halogens is 1. The standard InChI is InChI=1S/C8H7ClO2/c1-5-3-2-4-6(9)7(5)8(10)11/h2-4H,1H3,(H,10,11)/i2D,3D,4D. The Kier molecular flexibility index (Phi) is 1.27. The summed E-state index contributed by atoms with van der Waals surface area (Å²) in [4.78, 5) is 10.7. The molecule has 0 unspecified atom stereocenters. The number of benzene rings is 1. The highest BCUT2D eigenvalue weighted by molar-refractivity contribution is 6.33. The van der Waals surface area contributed by atoms with Crippen LogP contribution in [0.2, 0.25) is 5.02 Å². The second-order valence-corrected chi connectivity index (χ2v) is 2.37. The van der Waals surface area contributed by atoms with Gasteiger partial charge in [0, 0.05) is 0 Å². The van der Waals surface area contributed by atoms with Crippen molar-refractivity contribution in [1.82, 2.24) is 0 Å². The lowest BCUT2D eigenvalue weighted by atomic mass is 10.1. The fourth-order valence-electron chi connectivity index (χ4n) is 0.724. The quantitative estimate of drug-likeness (QED) is 0.708. The molecular formula is C8H7ClO2. The molecule has 0 bridgehead atoms. The molecule has 0 amide bonds. The first-order valence-electron chi connectivity index (χ1n) is 4.37. The van der Waals surface area contributed by atoms with Crippen molar-refractivity contribution in [3.8, 4) is 0 Å². The highest BCUT2D eigenvalue weighted by Gasteiger charge is 2.09. The monoisotopic (exact) mass is 173 g/mol. The van der Waals surface area contributed by atoms with Gasteiger partial charge in [-0.05, 0) is 18.5 Å². The molecule has 58 valence electrons. The fourth-order valence-corrected chi connectivity index (χ4v) is 0.994. The first-order valence-corrected chi connectivity index (χ1v) is 3.24. The average molecular weight is 174 g/mol. The fraction of sp³-hybridized carbons (Fsp3) is 0.125. The summed E-state index contributed by atoms with van der Waals surface area (Å²) >= 11 is 5.60. The molecule has 1 rings (SSSR count). The lowest BCUT2D eigenvalue weighted by Crippen LogP contribution is -1.99. The van der Waals surface area contributed by atoms with Gasteiger partial charge in [0.1, 0.15) is 0 Å². The van der Waals surface area contributed by atoms with Crippen molar-refractivity contribution in [3.63, 3.8) is 0 Å². The summed E-state index contributed by atoms with van der Waals surface area (Å²) < 4.78 is 22.0. The number of carboxylic acid groups (broad SMARTS) is 1. The van der Waals surface area contributed by atoms with E-state index in [1.807, 2.05) is 0 Å². The van der Waals surface area contributed by atoms with Gasteiger partial charge in [-0.1, -0.05) is 23.7 Å². The van der Waals surface area contributed by atoms with Crippen LogP contribution in [0.5, 0.6) is 0 Å². The van der Waals surface area contributed by atoms with E-state index in [2.05, 4.69) is 0 Å². The van der Waals surface area contributed by atoms with Crippen LogP contribution in [-0.2, 0) is 0 Å². The molecule has 2 nitrogen and oxygen atoms in total. The molecular weight excluding hydrogens is 164 g/mol. The molecule has 1 aromatic rings. The van der Waals surface area contributed by atoms with Crippen LogP contribution >= 0.6 is 11.6 Å². The SMILES string of the molecule is [2H]c1c([2H])c(C)c(C(=O)O)c(Cl)c1[2H]. The van der Waals surface area contributed by atoms with Crippen LogP contribution in [0, 0.1) is 6.92 Å². The van der Waals surface area contributed by atoms with E-state index in [1.165, 1.54) is 6.92 Å². The molecule has 0 aliphatic heterocycles. The van der Waals surface area contributed by atoms with Crippen LogP contribution in [0.3, 0.4) is 0 Å². The van der Waals surface area contributed by atoms with Crippen molar-refractivity contribution >= 4 is 17.6 Å². The molecule has 1 N–H and O–H groups in total. The summed E-state index contributed by atoms with van der Waals surface area (Å²) in [5, 5.41) is 8.49. The molecule has 0 saturated heterocycles. The van der Waals surface area contributed by atoms with Crippen LogP contribution in [-0.4, -0.2) is 11.1 Å². The molecule has 0 radical (unpaired) electrons. The Morgan fingerprint density at radius 3 is 2.91 bits per heavy atom. The van der Waals surface area contributed by atoms with Crippen LogP contribution < -0.4 is 0 Å². The number of hydrogen-bond acceptors (Lipinski definition) is 1. The van der Waals surface area contributed by atoms with E-state index in [4.69, 9.17) is 20.8 Å². The van der Waals surface area contributed by atoms with Crippen LogP contribution in [0.1, 0.15) is 20.0 Å². The second-order valence-electron chi connectivity index (χ2n) is 1.99. The van der Waals surface area contributed by atoms with Gasteiger partial charge in [0.2, 0.25) is 0 Å². The number of hydrogen-bond donors (Lipinski definition) is 1. The van der Waals surface area contributed by atoms with E-state index in [0.717, 1.165) is 0 Å². The lowest BCUT2D eigenvalue weighted by molar-refractivity contribution is 0.0696. The topological polar surface area (TPSA) is 37.3 Å². The Bertz CT molecular complexity index is 389. The predicted molar refractivity (Wildman–Crippen MR) is 43.1 cm³/mol. The zero-order valence-corrected chi connectivity index (χ0v) is 6.49. The largest absolute Gasteiger partial charge is 0.478 e. The molecule has 11 heavy (non-hydrogen) atoms. The minimum absolute atomic E-state index is 0.114. The summed E-state index contributed by atoms with van der Waals surface area (Å²) in [6.45, 7) is 1.40. The van der Waals surface area contributed by atoms with Crippen molar-refractivity contribution in [2.45, 2.75) is 6.92 Å². The van der Waals surface area contributed by atoms with Crippen LogP contribution in [0.25, 0.3) is 0 Å². The smallest absolute Gasteiger partial charge is 0.337 e. The number of carbonyl (C=O) groups is 1. The maximum Gasteiger partial charge on any atom is 0.337 e. The van der Waals surface area contributed by atoms with Gasteiger partial charge in [0.05, 0.1) is 14.7 Å². The Morgan fingerprint density at radius 1 is 1.73 bits per heavy atom. The van der Waals surface area contributed by atoms with Crippen molar-refractivity contribution in [1.29, 1.82) is 0 Å². The Morgan fingerprint density at radius 2 is 2.36 bits per heavy atom. The van der Waals surface area contributed by atoms with Crippen molar-refractivity contribution in [3.05, 3.63) is 34.3 Å². The van der Waals surface area contributed by atoms with Gasteiger partial charge < -0.3 is 5.11 Å². The van der Waals surface area contributed by atoms with Gasteiger partial charge in [-0.15, -0.1) is 0 Å². The second kappa shape index (κ2) is 2.93. The summed E-state index contributed by atoms with van der Waals surface area (Å²) in [5.74, 6) is -1.28. The summed E-state index contributed by atoms with van der Waals surface area (Å²) in [5.41, 5.74) is -0.152. The molecule has 0 heterocycles. The zero-order chi connectivity index (χ0) is 11.0. The highest BCUT2D eigenvalue weighted by Crippen LogP contribution is 2.18. The van der Waals surface area contributed by atoms with E-state index in [1.54, 1.807) is 0 Å². The maximum atomic E-state index is 10.7. The Labute approximate surface area is 73.6 Å². The maximum absolute atomic E-state index is 10.7.